The Bertz CT molecular complexity index is 1690. The second-order valence-corrected chi connectivity index (χ2v) is 10.1. The minimum Gasteiger partial charge on any atom is -0.480 e. The molecule has 0 radical (unpaired) electrons. The van der Waals surface area contributed by atoms with Crippen molar-refractivity contribution in [1.29, 1.82) is 0 Å². The Balaban J connectivity index is 1.39. The molecule has 0 aliphatic heterocycles. The summed E-state index contributed by atoms with van der Waals surface area (Å²) in [5, 5.41) is 0. The first-order valence-electron chi connectivity index (χ1n) is 13.0. The number of hydrogen-bond donors (Lipinski definition) is 0. The van der Waals surface area contributed by atoms with E-state index in [4.69, 9.17) is 14.7 Å². The van der Waals surface area contributed by atoms with Gasteiger partial charge in [0.05, 0.1) is 24.0 Å². The molecule has 0 spiro atoms. The van der Waals surface area contributed by atoms with Gasteiger partial charge in [0.25, 0.3) is 0 Å². The van der Waals surface area contributed by atoms with Gasteiger partial charge in [-0.1, -0.05) is 24.3 Å². The molecule has 0 N–H and O–H groups in total. The SMILES string of the molecule is COc1ncnc(C2CC2)c1-c1nc(Cc2ccc(-c3nc(C(F)(F)F)cn3C(C)C)cc2)c2ncccc2n1. The van der Waals surface area contributed by atoms with Gasteiger partial charge in [-0.3, -0.25) is 4.98 Å². The third kappa shape index (κ3) is 4.87. The topological polar surface area (TPSA) is 91.5 Å². The molecule has 1 aromatic carbocycles. The summed E-state index contributed by atoms with van der Waals surface area (Å²) in [5.74, 6) is 1.50. The lowest BCUT2D eigenvalue weighted by Gasteiger charge is -2.13. The van der Waals surface area contributed by atoms with Gasteiger partial charge in [-0.15, -0.1) is 0 Å². The molecule has 1 aliphatic carbocycles. The molecule has 40 heavy (non-hydrogen) atoms. The van der Waals surface area contributed by atoms with E-state index in [1.807, 2.05) is 38.1 Å². The number of hydrogen-bond acceptors (Lipinski definition) is 7. The smallest absolute Gasteiger partial charge is 0.434 e. The molecular formula is C29H26F3N7O. The number of imidazole rings is 1. The lowest BCUT2D eigenvalue weighted by molar-refractivity contribution is -0.140. The molecule has 4 heterocycles. The summed E-state index contributed by atoms with van der Waals surface area (Å²) in [6.45, 7) is 3.65. The number of methoxy groups -OCH3 is 1. The van der Waals surface area contributed by atoms with Crippen LogP contribution in [0.1, 0.15) is 61.3 Å². The van der Waals surface area contributed by atoms with Crippen molar-refractivity contribution in [3.63, 3.8) is 0 Å². The van der Waals surface area contributed by atoms with Gasteiger partial charge in [0, 0.05) is 36.3 Å². The zero-order chi connectivity index (χ0) is 28.0. The molecule has 0 atom stereocenters. The number of alkyl halides is 3. The molecule has 5 aromatic rings. The van der Waals surface area contributed by atoms with E-state index in [2.05, 4.69) is 19.9 Å². The summed E-state index contributed by atoms with van der Waals surface area (Å²) in [7, 11) is 1.57. The highest BCUT2D eigenvalue weighted by atomic mass is 19.4. The van der Waals surface area contributed by atoms with Gasteiger partial charge in [-0.05, 0) is 44.4 Å². The maximum Gasteiger partial charge on any atom is 0.434 e. The highest BCUT2D eigenvalue weighted by Crippen LogP contribution is 2.45. The Hall–Kier alpha value is -4.41. The lowest BCUT2D eigenvalue weighted by Crippen LogP contribution is -2.05. The highest BCUT2D eigenvalue weighted by Gasteiger charge is 2.35. The van der Waals surface area contributed by atoms with E-state index in [1.54, 1.807) is 30.0 Å². The second-order valence-electron chi connectivity index (χ2n) is 10.1. The van der Waals surface area contributed by atoms with Crippen molar-refractivity contribution in [1.82, 2.24) is 34.5 Å². The van der Waals surface area contributed by atoms with Gasteiger partial charge in [0.2, 0.25) is 5.88 Å². The van der Waals surface area contributed by atoms with Crippen LogP contribution in [-0.2, 0) is 12.6 Å². The van der Waals surface area contributed by atoms with Crippen LogP contribution < -0.4 is 4.74 Å². The molecule has 204 valence electrons. The molecule has 4 aromatic heterocycles. The lowest BCUT2D eigenvalue weighted by atomic mass is 10.0. The highest BCUT2D eigenvalue weighted by molar-refractivity contribution is 5.80. The predicted molar refractivity (Wildman–Crippen MR) is 143 cm³/mol. The van der Waals surface area contributed by atoms with Gasteiger partial charge in [0.1, 0.15) is 23.2 Å². The molecule has 1 aliphatic rings. The molecule has 0 bridgehead atoms. The molecular weight excluding hydrogens is 519 g/mol. The molecule has 0 unspecified atom stereocenters. The van der Waals surface area contributed by atoms with Crippen molar-refractivity contribution >= 4 is 11.0 Å². The fourth-order valence-electron chi connectivity index (χ4n) is 4.78. The van der Waals surface area contributed by atoms with Crippen LogP contribution in [0.3, 0.4) is 0 Å². The first-order chi connectivity index (χ1) is 19.2. The molecule has 11 heteroatoms. The molecule has 1 saturated carbocycles. The fraction of sp³-hybridized carbons (Fsp3) is 0.310. The second kappa shape index (κ2) is 9.96. The molecule has 0 saturated heterocycles. The number of pyridine rings is 1. The number of fused-ring (bicyclic) bond motifs is 1. The van der Waals surface area contributed by atoms with Crippen LogP contribution in [0.4, 0.5) is 13.2 Å². The maximum absolute atomic E-state index is 13.4. The number of rotatable bonds is 7. The van der Waals surface area contributed by atoms with Crippen molar-refractivity contribution in [3.05, 3.63) is 77.8 Å². The van der Waals surface area contributed by atoms with E-state index in [1.165, 1.54) is 6.33 Å². The van der Waals surface area contributed by atoms with E-state index in [-0.39, 0.29) is 11.9 Å². The van der Waals surface area contributed by atoms with Crippen LogP contribution >= 0.6 is 0 Å². The normalized spacial score (nSPS) is 13.8. The van der Waals surface area contributed by atoms with E-state index >= 15 is 0 Å². The Morgan fingerprint density at radius 2 is 1.77 bits per heavy atom. The summed E-state index contributed by atoms with van der Waals surface area (Å²) in [6.07, 6.45) is 2.27. The third-order valence-corrected chi connectivity index (χ3v) is 6.91. The first kappa shape index (κ1) is 25.8. The molecule has 1 fully saturated rings. The number of aromatic nitrogens is 7. The van der Waals surface area contributed by atoms with Crippen LogP contribution in [0, 0.1) is 0 Å². The Morgan fingerprint density at radius 1 is 1.00 bits per heavy atom. The Labute approximate surface area is 228 Å². The van der Waals surface area contributed by atoms with Crippen molar-refractivity contribution < 1.29 is 17.9 Å². The van der Waals surface area contributed by atoms with E-state index in [0.717, 1.165) is 30.3 Å². The van der Waals surface area contributed by atoms with Gasteiger partial charge < -0.3 is 9.30 Å². The monoisotopic (exact) mass is 545 g/mol. The zero-order valence-corrected chi connectivity index (χ0v) is 22.1. The number of nitrogens with zero attached hydrogens (tertiary/aromatic N) is 7. The maximum atomic E-state index is 13.4. The Morgan fingerprint density at radius 3 is 2.45 bits per heavy atom. The summed E-state index contributed by atoms with van der Waals surface area (Å²) in [5.41, 5.74) is 4.24. The number of ether oxygens (including phenoxy) is 1. The van der Waals surface area contributed by atoms with Crippen LogP contribution in [0.5, 0.6) is 5.88 Å². The number of halogens is 3. The fourth-order valence-corrected chi connectivity index (χ4v) is 4.78. The van der Waals surface area contributed by atoms with Crippen molar-refractivity contribution in [2.75, 3.05) is 7.11 Å². The third-order valence-electron chi connectivity index (χ3n) is 6.91. The summed E-state index contributed by atoms with van der Waals surface area (Å²) in [4.78, 5) is 27.0. The van der Waals surface area contributed by atoms with E-state index in [9.17, 15) is 13.2 Å². The van der Waals surface area contributed by atoms with Crippen LogP contribution in [0.2, 0.25) is 0 Å². The van der Waals surface area contributed by atoms with Gasteiger partial charge in [0.15, 0.2) is 11.5 Å². The predicted octanol–water partition coefficient (Wildman–Crippen LogP) is 6.42. The van der Waals surface area contributed by atoms with Gasteiger partial charge >= 0.3 is 6.18 Å². The van der Waals surface area contributed by atoms with Crippen LogP contribution in [0.15, 0.2) is 55.1 Å². The van der Waals surface area contributed by atoms with Crippen molar-refractivity contribution in [3.8, 4) is 28.7 Å². The largest absolute Gasteiger partial charge is 0.480 e. The van der Waals surface area contributed by atoms with Crippen LogP contribution in [0.25, 0.3) is 33.8 Å². The van der Waals surface area contributed by atoms with Crippen molar-refractivity contribution in [2.24, 2.45) is 0 Å². The van der Waals surface area contributed by atoms with E-state index in [0.29, 0.717) is 51.9 Å². The summed E-state index contributed by atoms with van der Waals surface area (Å²) in [6, 6.07) is 10.8. The number of benzene rings is 1. The summed E-state index contributed by atoms with van der Waals surface area (Å²) < 4.78 is 47.2. The van der Waals surface area contributed by atoms with Gasteiger partial charge in [-0.2, -0.15) is 13.2 Å². The minimum atomic E-state index is -4.51. The van der Waals surface area contributed by atoms with E-state index < -0.39 is 11.9 Å². The average Bonchev–Trinajstić information content (AvgIpc) is 3.69. The molecule has 0 amide bonds. The quantitative estimate of drug-likeness (QED) is 0.233. The molecule has 8 nitrogen and oxygen atoms in total. The molecule has 6 rings (SSSR count). The minimum absolute atomic E-state index is 0.186. The van der Waals surface area contributed by atoms with Gasteiger partial charge in [-0.25, -0.2) is 24.9 Å². The average molecular weight is 546 g/mol. The zero-order valence-electron chi connectivity index (χ0n) is 22.1. The van der Waals surface area contributed by atoms with Crippen molar-refractivity contribution in [2.45, 2.75) is 51.2 Å². The standard InChI is InChI=1S/C29H26F3N7O/c1-16(2)39-14-22(29(30,31)32)38-27(39)19-8-6-17(7-9-19)13-21-25-20(5-4-12-33-25)36-26(37-21)23-24(18-10-11-18)34-15-35-28(23)40-3/h4-9,12,14-16,18H,10-11,13H2,1-3H3. The Kier molecular flexibility index (Phi) is 6.44. The summed E-state index contributed by atoms with van der Waals surface area (Å²) >= 11 is 0. The van der Waals surface area contributed by atoms with Crippen LogP contribution in [-0.4, -0.2) is 41.6 Å². The first-order valence-corrected chi connectivity index (χ1v) is 13.0.